The van der Waals surface area contributed by atoms with Gasteiger partial charge in [-0.25, -0.2) is 4.63 Å². The molecular weight excluding hydrogens is 164 g/mol. The topological polar surface area (TPSA) is 97.1 Å². The van der Waals surface area contributed by atoms with Gasteiger partial charge in [0.05, 0.1) is 0 Å². The minimum absolute atomic E-state index is 0.144. The second-order valence-corrected chi connectivity index (χ2v) is 2.23. The molecule has 0 fully saturated rings. The number of nitrogens with one attached hydrogen (secondary N) is 2. The van der Waals surface area contributed by atoms with Gasteiger partial charge < -0.3 is 10.6 Å². The lowest BCUT2D eigenvalue weighted by Gasteiger charge is -1.91. The quantitative estimate of drug-likeness (QED) is 0.501. The van der Waals surface area contributed by atoms with Crippen LogP contribution in [0.2, 0.25) is 0 Å². The minimum atomic E-state index is -0.429. The Labute approximate surface area is 66.1 Å². The molecule has 2 N–H and O–H groups in total. The fourth-order valence-corrected chi connectivity index (χ4v) is 0.851. The van der Waals surface area contributed by atoms with Crippen molar-refractivity contribution in [2.45, 2.75) is 6.42 Å². The number of aromatic nitrogens is 2. The van der Waals surface area contributed by atoms with E-state index in [-0.39, 0.29) is 18.1 Å². The molecule has 0 unspecified atom stereocenters. The Morgan fingerprint density at radius 2 is 1.58 bits per heavy atom. The van der Waals surface area contributed by atoms with Crippen LogP contribution in [0.5, 0.6) is 0 Å². The van der Waals surface area contributed by atoms with Gasteiger partial charge in [-0.3, -0.25) is 9.59 Å². The summed E-state index contributed by atoms with van der Waals surface area (Å²) < 4.78 is 4.29. The molecule has 7 heteroatoms. The molecule has 12 heavy (non-hydrogen) atoms. The van der Waals surface area contributed by atoms with Gasteiger partial charge in [0.1, 0.15) is 6.42 Å². The van der Waals surface area contributed by atoms with Gasteiger partial charge in [-0.2, -0.15) is 0 Å². The summed E-state index contributed by atoms with van der Waals surface area (Å²) in [7, 11) is 0. The maximum Gasteiger partial charge on any atom is 0.235 e. The highest BCUT2D eigenvalue weighted by atomic mass is 16.6. The van der Waals surface area contributed by atoms with Gasteiger partial charge in [-0.15, -0.1) is 0 Å². The molecular formula is C5H4N4O3. The van der Waals surface area contributed by atoms with Crippen LogP contribution in [0.15, 0.2) is 4.63 Å². The molecule has 1 aromatic heterocycles. The largest absolute Gasteiger partial charge is 0.304 e. The van der Waals surface area contributed by atoms with Gasteiger partial charge in [0.15, 0.2) is 0 Å². The number of anilines is 2. The molecule has 0 radical (unpaired) electrons. The highest BCUT2D eigenvalue weighted by Gasteiger charge is 2.21. The van der Waals surface area contributed by atoms with Crippen LogP contribution < -0.4 is 10.6 Å². The fraction of sp³-hybridized carbons (Fsp3) is 0.200. The third kappa shape index (κ3) is 1.00. The maximum atomic E-state index is 10.9. The number of carbonyl (C=O) groups is 2. The Kier molecular flexibility index (Phi) is 1.29. The third-order valence-electron chi connectivity index (χ3n) is 1.33. The van der Waals surface area contributed by atoms with Gasteiger partial charge in [-0.05, 0) is 10.3 Å². The average Bonchev–Trinajstić information content (AvgIpc) is 2.31. The molecule has 1 aliphatic rings. The molecule has 0 spiro atoms. The van der Waals surface area contributed by atoms with Gasteiger partial charge in [0, 0.05) is 0 Å². The van der Waals surface area contributed by atoms with Crippen LogP contribution in [0.3, 0.4) is 0 Å². The predicted octanol–water partition coefficient (Wildman–Crippen LogP) is -0.650. The van der Waals surface area contributed by atoms with Gasteiger partial charge >= 0.3 is 0 Å². The molecule has 7 nitrogen and oxygen atoms in total. The lowest BCUT2D eigenvalue weighted by molar-refractivity contribution is -0.123. The first-order valence-electron chi connectivity index (χ1n) is 3.18. The standard InChI is InChI=1S/C5H4N4O3/c10-2-1-3(11)7-5-4(6-2)8-12-9-5/h1H2,(H,6,8,10)(H,7,9,11). The Bertz CT molecular complexity index is 314. The summed E-state index contributed by atoms with van der Waals surface area (Å²) in [6.07, 6.45) is -0.224. The molecule has 1 aliphatic heterocycles. The van der Waals surface area contributed by atoms with E-state index in [4.69, 9.17) is 0 Å². The monoisotopic (exact) mass is 168 g/mol. The van der Waals surface area contributed by atoms with Gasteiger partial charge in [-0.1, -0.05) is 0 Å². The van der Waals surface area contributed by atoms with Crippen LogP contribution >= 0.6 is 0 Å². The first-order valence-corrected chi connectivity index (χ1v) is 3.18. The molecule has 1 aromatic rings. The number of hydrogen-bond acceptors (Lipinski definition) is 5. The van der Waals surface area contributed by atoms with Crippen LogP contribution in [0.25, 0.3) is 0 Å². The first kappa shape index (κ1) is 6.77. The molecule has 2 rings (SSSR count). The number of hydrogen-bond donors (Lipinski definition) is 2. The number of nitrogens with zero attached hydrogens (tertiary/aromatic N) is 2. The lowest BCUT2D eigenvalue weighted by atomic mass is 10.4. The normalized spacial score (nSPS) is 16.0. The van der Waals surface area contributed by atoms with E-state index in [0.717, 1.165) is 0 Å². The minimum Gasteiger partial charge on any atom is -0.304 e. The molecule has 0 atom stereocenters. The molecule has 0 saturated carbocycles. The molecule has 2 heterocycles. The number of fused-ring (bicyclic) bond motifs is 1. The van der Waals surface area contributed by atoms with Crippen LogP contribution in [-0.2, 0) is 9.59 Å². The van der Waals surface area contributed by atoms with Crippen molar-refractivity contribution >= 4 is 23.5 Å². The second kappa shape index (κ2) is 2.29. The van der Waals surface area contributed by atoms with Crippen LogP contribution in [0.4, 0.5) is 11.6 Å². The first-order chi connectivity index (χ1) is 5.75. The van der Waals surface area contributed by atoms with E-state index < -0.39 is 11.8 Å². The summed E-state index contributed by atoms with van der Waals surface area (Å²) in [4.78, 5) is 21.7. The predicted molar refractivity (Wildman–Crippen MR) is 36.2 cm³/mol. The summed E-state index contributed by atoms with van der Waals surface area (Å²) >= 11 is 0. The van der Waals surface area contributed by atoms with E-state index in [0.29, 0.717) is 0 Å². The lowest BCUT2D eigenvalue weighted by Crippen LogP contribution is -2.16. The highest BCUT2D eigenvalue weighted by molar-refractivity contribution is 6.11. The number of rotatable bonds is 0. The molecule has 0 aromatic carbocycles. The van der Waals surface area contributed by atoms with E-state index in [1.807, 2.05) is 0 Å². The van der Waals surface area contributed by atoms with E-state index in [1.165, 1.54) is 0 Å². The Morgan fingerprint density at radius 3 is 2.08 bits per heavy atom. The van der Waals surface area contributed by atoms with Crippen molar-refractivity contribution < 1.29 is 14.2 Å². The summed E-state index contributed by atoms with van der Waals surface area (Å²) in [5.41, 5.74) is 0. The molecule has 0 saturated heterocycles. The smallest absolute Gasteiger partial charge is 0.235 e. The van der Waals surface area contributed by atoms with Crippen molar-refractivity contribution in [2.75, 3.05) is 10.6 Å². The van der Waals surface area contributed by atoms with E-state index in [1.54, 1.807) is 0 Å². The number of amides is 2. The van der Waals surface area contributed by atoms with Crippen molar-refractivity contribution in [3.05, 3.63) is 0 Å². The molecule has 2 amide bonds. The van der Waals surface area contributed by atoms with Crippen molar-refractivity contribution in [3.8, 4) is 0 Å². The summed E-state index contributed by atoms with van der Waals surface area (Å²) in [5.74, 6) is -0.569. The van der Waals surface area contributed by atoms with Crippen molar-refractivity contribution in [1.82, 2.24) is 10.3 Å². The SMILES string of the molecule is O=C1CC(=O)Nc2nonc2N1. The molecule has 0 aliphatic carbocycles. The zero-order valence-electron chi connectivity index (χ0n) is 5.83. The maximum absolute atomic E-state index is 10.9. The Morgan fingerprint density at radius 1 is 1.08 bits per heavy atom. The zero-order valence-corrected chi connectivity index (χ0v) is 5.83. The van der Waals surface area contributed by atoms with E-state index in [2.05, 4.69) is 25.6 Å². The van der Waals surface area contributed by atoms with E-state index in [9.17, 15) is 9.59 Å². The molecule has 62 valence electrons. The third-order valence-corrected chi connectivity index (χ3v) is 1.33. The average molecular weight is 168 g/mol. The molecule has 0 bridgehead atoms. The summed E-state index contributed by atoms with van der Waals surface area (Å²) in [6.45, 7) is 0. The van der Waals surface area contributed by atoms with Gasteiger partial charge in [0.25, 0.3) is 0 Å². The Balaban J connectivity index is 2.39. The van der Waals surface area contributed by atoms with Crippen LogP contribution in [-0.4, -0.2) is 22.1 Å². The fourth-order valence-electron chi connectivity index (χ4n) is 0.851. The van der Waals surface area contributed by atoms with E-state index >= 15 is 0 Å². The second-order valence-electron chi connectivity index (χ2n) is 2.23. The zero-order chi connectivity index (χ0) is 8.55. The van der Waals surface area contributed by atoms with Gasteiger partial charge in [0.2, 0.25) is 23.5 Å². The van der Waals surface area contributed by atoms with Crippen molar-refractivity contribution in [2.24, 2.45) is 0 Å². The van der Waals surface area contributed by atoms with Crippen LogP contribution in [0.1, 0.15) is 6.42 Å². The number of carbonyl (C=O) groups excluding carboxylic acids is 2. The summed E-state index contributed by atoms with van der Waals surface area (Å²) in [5, 5.41) is 11.4. The summed E-state index contributed by atoms with van der Waals surface area (Å²) in [6, 6.07) is 0. The Hall–Kier alpha value is -1.92. The van der Waals surface area contributed by atoms with Crippen molar-refractivity contribution in [1.29, 1.82) is 0 Å². The highest BCUT2D eigenvalue weighted by Crippen LogP contribution is 2.18. The van der Waals surface area contributed by atoms with Crippen molar-refractivity contribution in [3.63, 3.8) is 0 Å². The van der Waals surface area contributed by atoms with Crippen LogP contribution in [0, 0.1) is 0 Å².